The van der Waals surface area contributed by atoms with E-state index in [0.717, 1.165) is 37.4 Å². The summed E-state index contributed by atoms with van der Waals surface area (Å²) in [7, 11) is 0. The minimum Gasteiger partial charge on any atom is -0.463 e. The van der Waals surface area contributed by atoms with Gasteiger partial charge in [-0.25, -0.2) is 4.99 Å². The molecule has 1 amide bonds. The van der Waals surface area contributed by atoms with Crippen LogP contribution >= 0.6 is 23.1 Å². The van der Waals surface area contributed by atoms with Gasteiger partial charge in [-0.1, -0.05) is 17.8 Å². The molecule has 5 atom stereocenters. The average molecular weight is 541 g/mol. The van der Waals surface area contributed by atoms with Crippen LogP contribution in [0, 0.1) is 0 Å². The maximum absolute atomic E-state index is 12.4. The molecule has 4 unspecified atom stereocenters. The molecule has 1 fully saturated rings. The minimum atomic E-state index is -1.30. The van der Waals surface area contributed by atoms with Crippen LogP contribution in [0.25, 0.3) is 6.08 Å². The van der Waals surface area contributed by atoms with E-state index >= 15 is 0 Å². The highest BCUT2D eigenvalue weighted by Gasteiger charge is 2.53. The maximum Gasteiger partial charge on any atom is 0.303 e. The molecule has 1 N–H and O–H groups in total. The number of rotatable bonds is 7. The topological polar surface area (TPSA) is 156 Å². The van der Waals surface area contributed by atoms with Gasteiger partial charge in [0.25, 0.3) is 5.91 Å². The molecule has 2 aliphatic rings. The molecule has 36 heavy (non-hydrogen) atoms. The van der Waals surface area contributed by atoms with E-state index in [-0.39, 0.29) is 17.5 Å². The molecule has 2 aliphatic heterocycles. The van der Waals surface area contributed by atoms with E-state index in [1.807, 2.05) is 17.5 Å². The van der Waals surface area contributed by atoms with Crippen molar-refractivity contribution < 1.29 is 47.7 Å². The number of nitrogens with one attached hydrogen (secondary N) is 1. The summed E-state index contributed by atoms with van der Waals surface area (Å²) in [5, 5.41) is 4.61. The number of ether oxygens (including phenoxy) is 5. The van der Waals surface area contributed by atoms with Gasteiger partial charge in [0.2, 0.25) is 0 Å². The highest BCUT2D eigenvalue weighted by Crippen LogP contribution is 2.35. The lowest BCUT2D eigenvalue weighted by atomic mass is 9.99. The van der Waals surface area contributed by atoms with E-state index in [9.17, 15) is 24.0 Å². The van der Waals surface area contributed by atoms with E-state index in [0.29, 0.717) is 0 Å². The molecule has 3 rings (SSSR count). The number of nitrogens with zero attached hydrogens (tertiary/aromatic N) is 1. The van der Waals surface area contributed by atoms with E-state index in [4.69, 9.17) is 23.7 Å². The number of thioether (sulfide) groups is 1. The van der Waals surface area contributed by atoms with Gasteiger partial charge in [-0.2, -0.15) is 0 Å². The highest BCUT2D eigenvalue weighted by atomic mass is 32.2. The quantitative estimate of drug-likeness (QED) is 0.303. The van der Waals surface area contributed by atoms with Gasteiger partial charge in [0, 0.05) is 32.6 Å². The Balaban J connectivity index is 1.94. The molecule has 12 nitrogen and oxygen atoms in total. The van der Waals surface area contributed by atoms with Gasteiger partial charge in [-0.3, -0.25) is 29.3 Å². The summed E-state index contributed by atoms with van der Waals surface area (Å²) in [5.41, 5.74) is -0.934. The Morgan fingerprint density at radius 1 is 1.03 bits per heavy atom. The number of hydrogen-bond donors (Lipinski definition) is 1. The Hall–Kier alpha value is -3.23. The highest BCUT2D eigenvalue weighted by molar-refractivity contribution is 8.14. The predicted molar refractivity (Wildman–Crippen MR) is 127 cm³/mol. The van der Waals surface area contributed by atoms with Gasteiger partial charge in [-0.15, -0.1) is 11.3 Å². The first kappa shape index (κ1) is 27.4. The van der Waals surface area contributed by atoms with Gasteiger partial charge in [0.15, 0.2) is 28.9 Å². The molecular formula is C22H24N2O10S2. The molecule has 0 radical (unpaired) electrons. The second kappa shape index (κ2) is 12.1. The Bertz CT molecular complexity index is 1080. The lowest BCUT2D eigenvalue weighted by Gasteiger charge is -2.44. The van der Waals surface area contributed by atoms with Crippen molar-refractivity contribution in [3.05, 3.63) is 28.1 Å². The molecule has 0 saturated carbocycles. The number of amidine groups is 1. The van der Waals surface area contributed by atoms with Gasteiger partial charge in [0.1, 0.15) is 18.4 Å². The van der Waals surface area contributed by atoms with Crippen molar-refractivity contribution in [1.82, 2.24) is 5.32 Å². The first-order valence-electron chi connectivity index (χ1n) is 10.7. The SMILES string of the molecule is CC(=O)OCC1O[C@@H](SC2=N/C(=C\c3cccs3)C(=O)N2)C(OC(C)=O)C(OC(C)=O)C1OC(C)=O. The fourth-order valence-electron chi connectivity index (χ4n) is 3.40. The molecule has 0 spiro atoms. The molecule has 3 heterocycles. The molecule has 194 valence electrons. The number of aliphatic imine (C=N–C) groups is 1. The lowest BCUT2D eigenvalue weighted by molar-refractivity contribution is -0.237. The molecule has 0 bridgehead atoms. The van der Waals surface area contributed by atoms with Crippen molar-refractivity contribution in [3.63, 3.8) is 0 Å². The third-order valence-electron chi connectivity index (χ3n) is 4.67. The smallest absolute Gasteiger partial charge is 0.303 e. The summed E-state index contributed by atoms with van der Waals surface area (Å²) >= 11 is 2.33. The molecular weight excluding hydrogens is 516 g/mol. The van der Waals surface area contributed by atoms with Crippen LogP contribution < -0.4 is 5.32 Å². The van der Waals surface area contributed by atoms with Crippen LogP contribution in [0.1, 0.15) is 32.6 Å². The van der Waals surface area contributed by atoms with Crippen molar-refractivity contribution in [2.45, 2.75) is 57.5 Å². The zero-order valence-electron chi connectivity index (χ0n) is 19.7. The van der Waals surface area contributed by atoms with Crippen molar-refractivity contribution in [3.8, 4) is 0 Å². The van der Waals surface area contributed by atoms with Crippen molar-refractivity contribution in [1.29, 1.82) is 0 Å². The predicted octanol–water partition coefficient (Wildman–Crippen LogP) is 1.39. The molecule has 14 heteroatoms. The monoisotopic (exact) mass is 540 g/mol. The van der Waals surface area contributed by atoms with Gasteiger partial charge in [-0.05, 0) is 17.5 Å². The second-order valence-electron chi connectivity index (χ2n) is 7.60. The molecule has 1 saturated heterocycles. The van der Waals surface area contributed by atoms with E-state index in [1.54, 1.807) is 6.08 Å². The number of esters is 4. The van der Waals surface area contributed by atoms with Gasteiger partial charge in [0.05, 0.1) is 0 Å². The fourth-order valence-corrected chi connectivity index (χ4v) is 5.12. The van der Waals surface area contributed by atoms with E-state index in [1.165, 1.54) is 18.3 Å². The second-order valence-corrected chi connectivity index (χ2v) is 9.67. The van der Waals surface area contributed by atoms with Crippen LogP contribution in [0.4, 0.5) is 0 Å². The zero-order valence-corrected chi connectivity index (χ0v) is 21.4. The number of carbonyl (C=O) groups excluding carboxylic acids is 5. The summed E-state index contributed by atoms with van der Waals surface area (Å²) < 4.78 is 27.2. The van der Waals surface area contributed by atoms with Crippen molar-refractivity contribution in [2.75, 3.05) is 6.61 Å². The van der Waals surface area contributed by atoms with Crippen LogP contribution in [-0.2, 0) is 47.7 Å². The third-order valence-corrected chi connectivity index (χ3v) is 6.52. The number of thiophene rings is 1. The van der Waals surface area contributed by atoms with E-state index in [2.05, 4.69) is 10.3 Å². The Kier molecular flexibility index (Phi) is 9.23. The Morgan fingerprint density at radius 2 is 1.67 bits per heavy atom. The minimum absolute atomic E-state index is 0.142. The number of amides is 1. The summed E-state index contributed by atoms with van der Waals surface area (Å²) in [5.74, 6) is -3.25. The summed E-state index contributed by atoms with van der Waals surface area (Å²) in [6.07, 6.45) is -3.31. The maximum atomic E-state index is 12.4. The largest absolute Gasteiger partial charge is 0.463 e. The molecule has 0 aliphatic carbocycles. The first-order chi connectivity index (χ1) is 17.0. The van der Waals surface area contributed by atoms with Crippen LogP contribution in [0.15, 0.2) is 28.2 Å². The summed E-state index contributed by atoms with van der Waals surface area (Å²) in [6.45, 7) is 4.26. The third kappa shape index (κ3) is 7.38. The summed E-state index contributed by atoms with van der Waals surface area (Å²) in [4.78, 5) is 64.6. The molecule has 1 aromatic heterocycles. The Labute approximate surface area is 214 Å². The van der Waals surface area contributed by atoms with Crippen LogP contribution in [-0.4, -0.2) is 71.4 Å². The van der Waals surface area contributed by atoms with Crippen LogP contribution in [0.3, 0.4) is 0 Å². The normalized spacial score (nSPS) is 26.6. The van der Waals surface area contributed by atoms with Crippen molar-refractivity contribution in [2.24, 2.45) is 4.99 Å². The van der Waals surface area contributed by atoms with Crippen LogP contribution in [0.2, 0.25) is 0 Å². The fraction of sp³-hybridized carbons (Fsp3) is 0.455. The number of carbonyl (C=O) groups is 5. The number of hydrogen-bond acceptors (Lipinski definition) is 13. The Morgan fingerprint density at radius 3 is 2.25 bits per heavy atom. The average Bonchev–Trinajstić information content (AvgIpc) is 3.40. The van der Waals surface area contributed by atoms with E-state index < -0.39 is 59.6 Å². The standard InChI is InChI=1S/C22H24N2O10S2/c1-10(25)30-9-16-17(31-11(2)26)18(32-12(3)27)19(33-13(4)28)21(34-16)36-22-23-15(20(29)24-22)8-14-6-5-7-35-14/h5-8,16-19,21H,9H2,1-4H3,(H,23,24,29)/b15-8-/t16?,17?,18?,19?,21-/m0/s1. The first-order valence-corrected chi connectivity index (χ1v) is 12.4. The molecule has 0 aromatic carbocycles. The van der Waals surface area contributed by atoms with Gasteiger partial charge >= 0.3 is 23.9 Å². The summed E-state index contributed by atoms with van der Waals surface area (Å²) in [6, 6.07) is 3.66. The zero-order chi connectivity index (χ0) is 26.4. The van der Waals surface area contributed by atoms with Crippen molar-refractivity contribution >= 4 is 64.1 Å². The van der Waals surface area contributed by atoms with Gasteiger partial charge < -0.3 is 23.7 Å². The molecule has 1 aromatic rings. The lowest BCUT2D eigenvalue weighted by Crippen LogP contribution is -2.61. The van der Waals surface area contributed by atoms with Crippen LogP contribution in [0.5, 0.6) is 0 Å².